The van der Waals surface area contributed by atoms with Crippen molar-refractivity contribution in [2.24, 2.45) is 0 Å². The van der Waals surface area contributed by atoms with Gasteiger partial charge in [-0.1, -0.05) is 30.0 Å². The SMILES string of the molecule is Fc1ccc(-n2c(SCCCOc3ccccc3)nnc2-c2ccncc2)cc1. The highest BCUT2D eigenvalue weighted by Gasteiger charge is 2.16. The molecule has 2 aromatic carbocycles. The lowest BCUT2D eigenvalue weighted by Gasteiger charge is -2.10. The summed E-state index contributed by atoms with van der Waals surface area (Å²) in [5.74, 6) is 2.11. The number of pyridine rings is 1. The minimum Gasteiger partial charge on any atom is -0.494 e. The molecule has 2 heterocycles. The number of aromatic nitrogens is 4. The molecule has 0 aliphatic carbocycles. The second-order valence-electron chi connectivity index (χ2n) is 6.22. The van der Waals surface area contributed by atoms with E-state index in [0.717, 1.165) is 34.3 Å². The van der Waals surface area contributed by atoms with Crippen LogP contribution in [0.2, 0.25) is 0 Å². The normalized spacial score (nSPS) is 10.8. The number of rotatable bonds is 8. The maximum absolute atomic E-state index is 13.4. The molecule has 0 radical (unpaired) electrons. The van der Waals surface area contributed by atoms with Gasteiger partial charge in [0, 0.05) is 29.4 Å². The Morgan fingerprint density at radius 2 is 1.66 bits per heavy atom. The Kier molecular flexibility index (Phi) is 6.16. The highest BCUT2D eigenvalue weighted by atomic mass is 32.2. The highest BCUT2D eigenvalue weighted by molar-refractivity contribution is 7.99. The summed E-state index contributed by atoms with van der Waals surface area (Å²) in [5.41, 5.74) is 1.71. The number of benzene rings is 2. The van der Waals surface area contributed by atoms with Gasteiger partial charge in [0.25, 0.3) is 0 Å². The van der Waals surface area contributed by atoms with Crippen molar-refractivity contribution in [1.82, 2.24) is 19.7 Å². The van der Waals surface area contributed by atoms with E-state index in [1.807, 2.05) is 47.0 Å². The molecule has 0 amide bonds. The first-order valence-electron chi connectivity index (χ1n) is 9.24. The van der Waals surface area contributed by atoms with Crippen molar-refractivity contribution in [3.05, 3.63) is 84.9 Å². The lowest BCUT2D eigenvalue weighted by Crippen LogP contribution is -2.02. The topological polar surface area (TPSA) is 52.8 Å². The molecule has 4 aromatic rings. The second kappa shape index (κ2) is 9.34. The van der Waals surface area contributed by atoms with Gasteiger partial charge in [0.1, 0.15) is 11.6 Å². The van der Waals surface area contributed by atoms with Crippen molar-refractivity contribution in [3.8, 4) is 22.8 Å². The van der Waals surface area contributed by atoms with Gasteiger partial charge in [0.15, 0.2) is 11.0 Å². The molecule has 0 atom stereocenters. The quantitative estimate of drug-likeness (QED) is 0.303. The summed E-state index contributed by atoms with van der Waals surface area (Å²) in [6.07, 6.45) is 4.29. The number of hydrogen-bond donors (Lipinski definition) is 0. The van der Waals surface area contributed by atoms with Gasteiger partial charge in [-0.2, -0.15) is 0 Å². The monoisotopic (exact) mass is 406 g/mol. The van der Waals surface area contributed by atoms with Crippen molar-refractivity contribution >= 4 is 11.8 Å². The van der Waals surface area contributed by atoms with Crippen LogP contribution in [0.3, 0.4) is 0 Å². The standard InChI is InChI=1S/C22H19FN4OS/c23-18-7-9-19(10-8-18)27-21(17-11-13-24-14-12-17)25-26-22(27)29-16-4-15-28-20-5-2-1-3-6-20/h1-3,5-14H,4,15-16H2. The molecular weight excluding hydrogens is 387 g/mol. The van der Waals surface area contributed by atoms with Crippen LogP contribution >= 0.6 is 11.8 Å². The van der Waals surface area contributed by atoms with E-state index in [1.165, 1.54) is 12.1 Å². The fourth-order valence-electron chi connectivity index (χ4n) is 2.80. The van der Waals surface area contributed by atoms with Gasteiger partial charge in [-0.15, -0.1) is 10.2 Å². The van der Waals surface area contributed by atoms with Gasteiger partial charge < -0.3 is 4.74 Å². The lowest BCUT2D eigenvalue weighted by molar-refractivity contribution is 0.318. The van der Waals surface area contributed by atoms with Gasteiger partial charge in [-0.05, 0) is 55.0 Å². The third-order valence-corrected chi connectivity index (χ3v) is 5.20. The van der Waals surface area contributed by atoms with Crippen LogP contribution in [0.15, 0.2) is 84.3 Å². The van der Waals surface area contributed by atoms with Crippen LogP contribution in [-0.4, -0.2) is 32.1 Å². The Labute approximate surface area is 172 Å². The Balaban J connectivity index is 1.49. The van der Waals surface area contributed by atoms with E-state index < -0.39 is 0 Å². The predicted molar refractivity (Wildman–Crippen MR) is 112 cm³/mol. The smallest absolute Gasteiger partial charge is 0.196 e. The maximum atomic E-state index is 13.4. The van der Waals surface area contributed by atoms with Crippen LogP contribution in [0.5, 0.6) is 5.75 Å². The van der Waals surface area contributed by atoms with E-state index in [-0.39, 0.29) is 5.82 Å². The molecule has 0 saturated carbocycles. The summed E-state index contributed by atoms with van der Waals surface area (Å²) in [5, 5.41) is 9.49. The summed E-state index contributed by atoms with van der Waals surface area (Å²) in [6.45, 7) is 0.624. The fraction of sp³-hybridized carbons (Fsp3) is 0.136. The lowest BCUT2D eigenvalue weighted by atomic mass is 10.2. The van der Waals surface area contributed by atoms with E-state index >= 15 is 0 Å². The molecule has 0 unspecified atom stereocenters. The van der Waals surface area contributed by atoms with E-state index in [0.29, 0.717) is 12.4 Å². The Morgan fingerprint density at radius 1 is 0.897 bits per heavy atom. The number of thioether (sulfide) groups is 1. The molecule has 0 bridgehead atoms. The Bertz CT molecular complexity index is 1040. The number of hydrogen-bond acceptors (Lipinski definition) is 5. The summed E-state index contributed by atoms with van der Waals surface area (Å²) in [4.78, 5) is 4.06. The van der Waals surface area contributed by atoms with Crippen LogP contribution < -0.4 is 4.74 Å². The van der Waals surface area contributed by atoms with Gasteiger partial charge in [0.05, 0.1) is 6.61 Å². The minimum absolute atomic E-state index is 0.278. The van der Waals surface area contributed by atoms with Gasteiger partial charge >= 0.3 is 0 Å². The molecular formula is C22H19FN4OS. The average molecular weight is 406 g/mol. The van der Waals surface area contributed by atoms with Gasteiger partial charge in [0.2, 0.25) is 0 Å². The largest absolute Gasteiger partial charge is 0.494 e. The number of para-hydroxylation sites is 1. The number of halogens is 1. The van der Waals surface area contributed by atoms with Crippen LogP contribution in [0.1, 0.15) is 6.42 Å². The molecule has 2 aromatic heterocycles. The van der Waals surface area contributed by atoms with Crippen LogP contribution in [0.25, 0.3) is 17.1 Å². The Hall–Kier alpha value is -3.19. The Morgan fingerprint density at radius 3 is 2.41 bits per heavy atom. The molecule has 5 nitrogen and oxygen atoms in total. The van der Waals surface area contributed by atoms with Crippen molar-refractivity contribution in [2.45, 2.75) is 11.6 Å². The molecule has 0 spiro atoms. The predicted octanol–water partition coefficient (Wildman–Crippen LogP) is 5.03. The third kappa shape index (κ3) is 4.81. The number of nitrogens with zero attached hydrogens (tertiary/aromatic N) is 4. The average Bonchev–Trinajstić information content (AvgIpc) is 3.19. The molecule has 0 saturated heterocycles. The van der Waals surface area contributed by atoms with E-state index in [9.17, 15) is 4.39 Å². The molecule has 0 aliphatic heterocycles. The molecule has 0 N–H and O–H groups in total. The van der Waals surface area contributed by atoms with E-state index in [4.69, 9.17) is 4.74 Å². The fourth-order valence-corrected chi connectivity index (χ4v) is 3.67. The van der Waals surface area contributed by atoms with Crippen molar-refractivity contribution in [3.63, 3.8) is 0 Å². The van der Waals surface area contributed by atoms with E-state index in [1.54, 1.807) is 36.3 Å². The first-order valence-corrected chi connectivity index (χ1v) is 10.2. The molecule has 7 heteroatoms. The summed E-state index contributed by atoms with van der Waals surface area (Å²) in [7, 11) is 0. The number of ether oxygens (including phenoxy) is 1. The zero-order valence-corrected chi connectivity index (χ0v) is 16.4. The second-order valence-corrected chi connectivity index (χ2v) is 7.28. The van der Waals surface area contributed by atoms with Crippen molar-refractivity contribution < 1.29 is 9.13 Å². The molecule has 4 rings (SSSR count). The van der Waals surface area contributed by atoms with Crippen LogP contribution in [-0.2, 0) is 0 Å². The first-order chi connectivity index (χ1) is 14.3. The van der Waals surface area contributed by atoms with Crippen LogP contribution in [0, 0.1) is 5.82 Å². The first kappa shape index (κ1) is 19.1. The van der Waals surface area contributed by atoms with Crippen LogP contribution in [0.4, 0.5) is 4.39 Å². The third-order valence-electron chi connectivity index (χ3n) is 4.19. The summed E-state index contributed by atoms with van der Waals surface area (Å²) < 4.78 is 21.1. The molecule has 146 valence electrons. The zero-order chi connectivity index (χ0) is 19.9. The van der Waals surface area contributed by atoms with E-state index in [2.05, 4.69) is 15.2 Å². The van der Waals surface area contributed by atoms with Crippen molar-refractivity contribution in [2.75, 3.05) is 12.4 Å². The maximum Gasteiger partial charge on any atom is 0.196 e. The summed E-state index contributed by atoms with van der Waals surface area (Å²) in [6, 6.07) is 19.9. The summed E-state index contributed by atoms with van der Waals surface area (Å²) >= 11 is 1.60. The zero-order valence-electron chi connectivity index (χ0n) is 15.6. The molecule has 0 fully saturated rings. The van der Waals surface area contributed by atoms with Gasteiger partial charge in [-0.25, -0.2) is 4.39 Å². The minimum atomic E-state index is -0.278. The van der Waals surface area contributed by atoms with Gasteiger partial charge in [-0.3, -0.25) is 9.55 Å². The van der Waals surface area contributed by atoms with Crippen molar-refractivity contribution in [1.29, 1.82) is 0 Å². The highest BCUT2D eigenvalue weighted by Crippen LogP contribution is 2.28. The molecule has 29 heavy (non-hydrogen) atoms. The molecule has 0 aliphatic rings.